The van der Waals surface area contributed by atoms with E-state index in [1.807, 2.05) is 0 Å². The Morgan fingerprint density at radius 3 is 1.72 bits per heavy atom. The van der Waals surface area contributed by atoms with Crippen LogP contribution in [-0.4, -0.2) is 25.7 Å². The van der Waals surface area contributed by atoms with Crippen molar-refractivity contribution in [2.45, 2.75) is 4.90 Å². The Morgan fingerprint density at radius 1 is 0.724 bits per heavy atom. The molecule has 0 spiro atoms. The van der Waals surface area contributed by atoms with Gasteiger partial charge in [-0.3, -0.25) is 4.79 Å². The van der Waals surface area contributed by atoms with Gasteiger partial charge in [-0.25, -0.2) is 4.99 Å². The molecule has 0 saturated heterocycles. The van der Waals surface area contributed by atoms with Crippen LogP contribution >= 0.6 is 46.4 Å². The van der Waals surface area contributed by atoms with Crippen molar-refractivity contribution in [3.63, 3.8) is 0 Å². The molecule has 0 radical (unpaired) electrons. The molecule has 148 valence electrons. The Kier molecular flexibility index (Phi) is 6.61. The largest absolute Gasteiger partial charge is 0.286 e. The van der Waals surface area contributed by atoms with Gasteiger partial charge in [-0.2, -0.15) is 8.42 Å². The van der Waals surface area contributed by atoms with Crippen LogP contribution in [0.25, 0.3) is 0 Å². The quantitative estimate of drug-likeness (QED) is 0.338. The predicted octanol–water partition coefficient (Wildman–Crippen LogP) is 5.22. The summed E-state index contributed by atoms with van der Waals surface area (Å²) in [5, 5.41) is -1.27. The van der Waals surface area contributed by atoms with Crippen LogP contribution in [0, 0.1) is 0 Å². The number of hydrogen-bond acceptors (Lipinski definition) is 3. The third kappa shape index (κ3) is 4.63. The molecule has 29 heavy (non-hydrogen) atoms. The van der Waals surface area contributed by atoms with Crippen LogP contribution in [0.3, 0.4) is 0 Å². The highest BCUT2D eigenvalue weighted by Crippen LogP contribution is 2.34. The average molecular weight is 488 g/mol. The smallest absolute Gasteiger partial charge is 0.284 e. The molecule has 2 aromatic carbocycles. The number of carbonyl (C=O) groups excluding carboxylic acids is 1. The number of nitrogens with zero attached hydrogens (tertiary/aromatic N) is 2. The summed E-state index contributed by atoms with van der Waals surface area (Å²) in [4.78, 5) is 16.1. The van der Waals surface area contributed by atoms with Gasteiger partial charge in [-0.1, -0.05) is 94.9 Å². The number of benzene rings is 2. The van der Waals surface area contributed by atoms with Crippen LogP contribution in [0.15, 0.2) is 95.1 Å². The van der Waals surface area contributed by atoms with E-state index in [0.29, 0.717) is 5.56 Å². The number of rotatable bonds is 3. The maximum absolute atomic E-state index is 12.7. The van der Waals surface area contributed by atoms with Gasteiger partial charge < -0.3 is 0 Å². The molecule has 2 aromatic rings. The van der Waals surface area contributed by atoms with Crippen molar-refractivity contribution in [3.05, 3.63) is 86.4 Å². The van der Waals surface area contributed by atoms with Crippen LogP contribution in [0.5, 0.6) is 0 Å². The third-order valence-electron chi connectivity index (χ3n) is 3.70. The second-order valence-corrected chi connectivity index (χ2v) is 8.73. The van der Waals surface area contributed by atoms with Crippen molar-refractivity contribution < 1.29 is 13.2 Å². The minimum atomic E-state index is -4.10. The molecule has 10 heteroatoms. The van der Waals surface area contributed by atoms with Crippen molar-refractivity contribution in [2.24, 2.45) is 9.39 Å². The molecule has 1 aliphatic rings. The van der Waals surface area contributed by atoms with Gasteiger partial charge in [-0.15, -0.1) is 4.40 Å². The lowest BCUT2D eigenvalue weighted by Crippen LogP contribution is -2.17. The minimum absolute atomic E-state index is 0.0215. The zero-order chi connectivity index (χ0) is 21.2. The second-order valence-electron chi connectivity index (χ2n) is 5.61. The van der Waals surface area contributed by atoms with Crippen LogP contribution < -0.4 is 0 Å². The Labute approximate surface area is 187 Å². The summed E-state index contributed by atoms with van der Waals surface area (Å²) in [5.74, 6) is -0.957. The number of halogens is 4. The number of allylic oxidation sites excluding steroid dienone is 4. The molecule has 0 heterocycles. The molecule has 3 rings (SSSR count). The normalized spacial score (nSPS) is 15.8. The first-order valence-corrected chi connectivity index (χ1v) is 10.9. The SMILES string of the molecule is O=C1C(Cl)=C(Cl)C(=N/C(=N\S(=O)(=O)c2ccccc2)c2ccccc2)C(Cl)=C1Cl. The second kappa shape index (κ2) is 8.81. The van der Waals surface area contributed by atoms with E-state index in [0.717, 1.165) is 0 Å². The molecule has 0 N–H and O–H groups in total. The summed E-state index contributed by atoms with van der Waals surface area (Å²) in [6, 6.07) is 15.9. The van der Waals surface area contributed by atoms with E-state index in [1.165, 1.54) is 12.1 Å². The summed E-state index contributed by atoms with van der Waals surface area (Å²) < 4.78 is 29.3. The Bertz CT molecular complexity index is 1170. The number of amidine groups is 1. The Hall–Kier alpha value is -1.96. The first-order valence-electron chi connectivity index (χ1n) is 7.92. The van der Waals surface area contributed by atoms with Gasteiger partial charge >= 0.3 is 0 Å². The number of aliphatic imine (C=N–C) groups is 1. The van der Waals surface area contributed by atoms with E-state index in [4.69, 9.17) is 46.4 Å². The summed E-state index contributed by atoms with van der Waals surface area (Å²) in [5.41, 5.74) is 0.214. The lowest BCUT2D eigenvalue weighted by atomic mass is 10.1. The molecule has 0 unspecified atom stereocenters. The van der Waals surface area contributed by atoms with E-state index in [2.05, 4.69) is 9.39 Å². The van der Waals surface area contributed by atoms with Gasteiger partial charge in [0.15, 0.2) is 5.84 Å². The fraction of sp³-hybridized carbons (Fsp3) is 0. The standard InChI is InChI=1S/C19H10Cl4N2O3S/c20-13-15(22)18(26)16(23)14(21)17(13)24-19(11-7-3-1-4-8-11)25-29(27,28)12-9-5-2-6-10-12/h1-10H/b25-19-. The monoisotopic (exact) mass is 486 g/mol. The van der Waals surface area contributed by atoms with E-state index in [9.17, 15) is 13.2 Å². The lowest BCUT2D eigenvalue weighted by Gasteiger charge is -2.14. The van der Waals surface area contributed by atoms with Gasteiger partial charge in [-0.05, 0) is 12.1 Å². The summed E-state index contributed by atoms with van der Waals surface area (Å²) in [7, 11) is -4.10. The molecule has 0 fully saturated rings. The van der Waals surface area contributed by atoms with Crippen molar-refractivity contribution in [2.75, 3.05) is 0 Å². The van der Waals surface area contributed by atoms with Crippen molar-refractivity contribution >= 4 is 73.8 Å². The van der Waals surface area contributed by atoms with Crippen LogP contribution in [0.1, 0.15) is 5.56 Å². The summed E-state index contributed by atoms with van der Waals surface area (Å²) >= 11 is 24.1. The van der Waals surface area contributed by atoms with E-state index in [1.54, 1.807) is 48.5 Å². The third-order valence-corrected chi connectivity index (χ3v) is 6.63. The number of carbonyl (C=O) groups is 1. The van der Waals surface area contributed by atoms with E-state index >= 15 is 0 Å². The molecule has 0 saturated carbocycles. The lowest BCUT2D eigenvalue weighted by molar-refractivity contribution is -0.111. The molecule has 0 aromatic heterocycles. The molecular weight excluding hydrogens is 478 g/mol. The van der Waals surface area contributed by atoms with Crippen molar-refractivity contribution in [1.29, 1.82) is 0 Å². The Balaban J connectivity index is 2.24. The molecular formula is C19H10Cl4N2O3S. The highest BCUT2D eigenvalue weighted by atomic mass is 35.5. The summed E-state index contributed by atoms with van der Waals surface area (Å²) in [6.07, 6.45) is 0. The molecule has 1 aliphatic carbocycles. The number of sulfonamides is 1. The number of ketones is 1. The van der Waals surface area contributed by atoms with Crippen molar-refractivity contribution in [3.8, 4) is 0 Å². The summed E-state index contributed by atoms with van der Waals surface area (Å²) in [6.45, 7) is 0. The predicted molar refractivity (Wildman–Crippen MR) is 117 cm³/mol. The molecule has 0 aliphatic heterocycles. The molecule has 0 bridgehead atoms. The van der Waals surface area contributed by atoms with E-state index in [-0.39, 0.29) is 36.6 Å². The van der Waals surface area contributed by atoms with Crippen molar-refractivity contribution in [1.82, 2.24) is 0 Å². The highest BCUT2D eigenvalue weighted by molar-refractivity contribution is 7.90. The molecule has 0 amide bonds. The van der Waals surface area contributed by atoms with Gasteiger partial charge in [0, 0.05) is 5.56 Å². The maximum atomic E-state index is 12.7. The minimum Gasteiger partial charge on any atom is -0.286 e. The fourth-order valence-electron chi connectivity index (χ4n) is 2.29. The highest BCUT2D eigenvalue weighted by Gasteiger charge is 2.30. The first-order chi connectivity index (χ1) is 13.7. The fourth-order valence-corrected chi connectivity index (χ4v) is 4.18. The van der Waals surface area contributed by atoms with Crippen LogP contribution in [-0.2, 0) is 14.8 Å². The van der Waals surface area contributed by atoms with Gasteiger partial charge in [0.2, 0.25) is 5.78 Å². The van der Waals surface area contributed by atoms with Gasteiger partial charge in [0.1, 0.15) is 15.8 Å². The van der Waals surface area contributed by atoms with Crippen LogP contribution in [0.2, 0.25) is 0 Å². The number of hydrogen-bond donors (Lipinski definition) is 0. The first kappa shape index (κ1) is 21.7. The zero-order valence-corrected chi connectivity index (χ0v) is 18.2. The van der Waals surface area contributed by atoms with Crippen LogP contribution in [0.4, 0.5) is 0 Å². The van der Waals surface area contributed by atoms with E-state index < -0.39 is 15.8 Å². The zero-order valence-electron chi connectivity index (χ0n) is 14.3. The van der Waals surface area contributed by atoms with Gasteiger partial charge in [0.05, 0.1) is 15.0 Å². The average Bonchev–Trinajstić information content (AvgIpc) is 2.74. The Morgan fingerprint density at radius 2 is 1.21 bits per heavy atom. The topological polar surface area (TPSA) is 75.9 Å². The molecule has 0 atom stereocenters. The maximum Gasteiger partial charge on any atom is 0.284 e. The van der Waals surface area contributed by atoms with Gasteiger partial charge in [0.25, 0.3) is 10.0 Å². The molecule has 5 nitrogen and oxygen atoms in total. The number of Topliss-reactive ketones (excluding diaryl/α,β-unsaturated/α-hetero) is 1.